The standard InChI is InChI=1S/C30H30F3N/c1-21-12-14-24(15-13-21)29-28-26(18-19-34(29)20-22-8-4-2-5-9-22)25(23-10-6-3-7-11-23)16-17-27(28)30(31,32)33/h2-16,26-29H,17-20H2,1H3/t26-,27+,28+,29+/m0/s1. The molecule has 34 heavy (non-hydrogen) atoms. The van der Waals surface area contributed by atoms with E-state index in [0.29, 0.717) is 6.54 Å². The number of hydrogen-bond acceptors (Lipinski definition) is 1. The third-order valence-electron chi connectivity index (χ3n) is 7.58. The number of benzene rings is 3. The molecule has 3 aromatic carbocycles. The minimum atomic E-state index is -4.24. The van der Waals surface area contributed by atoms with Crippen molar-refractivity contribution >= 4 is 5.57 Å². The first-order valence-corrected chi connectivity index (χ1v) is 12.1. The zero-order chi connectivity index (χ0) is 23.7. The number of rotatable bonds is 4. The lowest BCUT2D eigenvalue weighted by atomic mass is 9.62. The van der Waals surface area contributed by atoms with Gasteiger partial charge in [-0.15, -0.1) is 0 Å². The van der Waals surface area contributed by atoms with Gasteiger partial charge in [-0.1, -0.05) is 96.6 Å². The maximum atomic E-state index is 14.5. The SMILES string of the molecule is Cc1ccc([C@@H]2[C@H]3[C@H](C(F)(F)F)CC=C(c4ccccc4)[C@@H]3CCN2Cc2ccccc2)cc1. The summed E-state index contributed by atoms with van der Waals surface area (Å²) in [5.41, 5.74) is 5.38. The molecule has 3 aromatic rings. The lowest BCUT2D eigenvalue weighted by Crippen LogP contribution is -2.50. The first-order valence-electron chi connectivity index (χ1n) is 12.1. The number of halogens is 3. The minimum absolute atomic E-state index is 0.0381. The van der Waals surface area contributed by atoms with E-state index in [0.717, 1.165) is 40.8 Å². The summed E-state index contributed by atoms with van der Waals surface area (Å²) in [6.07, 6.45) is -1.60. The molecule has 0 spiro atoms. The molecule has 5 rings (SSSR count). The summed E-state index contributed by atoms with van der Waals surface area (Å²) in [7, 11) is 0. The molecule has 176 valence electrons. The van der Waals surface area contributed by atoms with Gasteiger partial charge in [0.15, 0.2) is 0 Å². The molecular weight excluding hydrogens is 431 g/mol. The van der Waals surface area contributed by atoms with Crippen molar-refractivity contribution in [1.29, 1.82) is 0 Å². The fourth-order valence-electron chi connectivity index (χ4n) is 6.03. The van der Waals surface area contributed by atoms with Crippen LogP contribution in [0, 0.1) is 24.7 Å². The Morgan fingerprint density at radius 2 is 1.50 bits per heavy atom. The molecule has 0 amide bonds. The highest BCUT2D eigenvalue weighted by Gasteiger charge is 2.54. The molecule has 0 bridgehead atoms. The summed E-state index contributed by atoms with van der Waals surface area (Å²) in [4.78, 5) is 2.29. The Morgan fingerprint density at radius 1 is 0.853 bits per heavy atom. The lowest BCUT2D eigenvalue weighted by molar-refractivity contribution is -0.205. The van der Waals surface area contributed by atoms with E-state index in [4.69, 9.17) is 0 Å². The van der Waals surface area contributed by atoms with Crippen LogP contribution in [-0.2, 0) is 6.54 Å². The summed E-state index contributed by atoms with van der Waals surface area (Å²) in [5, 5.41) is 0. The number of allylic oxidation sites excluding steroid dienone is 2. The van der Waals surface area contributed by atoms with E-state index < -0.39 is 18.0 Å². The van der Waals surface area contributed by atoms with Gasteiger partial charge < -0.3 is 0 Å². The lowest BCUT2D eigenvalue weighted by Gasteiger charge is -2.51. The number of nitrogens with zero attached hydrogens (tertiary/aromatic N) is 1. The third kappa shape index (κ3) is 4.56. The van der Waals surface area contributed by atoms with Crippen LogP contribution in [0.5, 0.6) is 0 Å². The summed E-state index contributed by atoms with van der Waals surface area (Å²) < 4.78 is 43.5. The minimum Gasteiger partial charge on any atom is -0.292 e. The quantitative estimate of drug-likeness (QED) is 0.382. The fraction of sp³-hybridized carbons (Fsp3) is 0.333. The van der Waals surface area contributed by atoms with Crippen molar-refractivity contribution in [2.45, 2.75) is 38.5 Å². The smallest absolute Gasteiger partial charge is 0.292 e. The van der Waals surface area contributed by atoms with E-state index in [-0.39, 0.29) is 18.4 Å². The van der Waals surface area contributed by atoms with Crippen molar-refractivity contribution in [3.8, 4) is 0 Å². The Bertz CT molecular complexity index is 1120. The number of fused-ring (bicyclic) bond motifs is 1. The molecule has 1 aliphatic carbocycles. The molecule has 0 unspecified atom stereocenters. The van der Waals surface area contributed by atoms with Crippen molar-refractivity contribution in [2.75, 3.05) is 6.54 Å². The highest BCUT2D eigenvalue weighted by atomic mass is 19.4. The van der Waals surface area contributed by atoms with Crippen molar-refractivity contribution in [2.24, 2.45) is 17.8 Å². The molecule has 1 aliphatic heterocycles. The predicted molar refractivity (Wildman–Crippen MR) is 131 cm³/mol. The molecule has 1 nitrogen and oxygen atoms in total. The second kappa shape index (κ2) is 9.42. The van der Waals surface area contributed by atoms with Crippen LogP contribution in [0.15, 0.2) is 91.0 Å². The van der Waals surface area contributed by atoms with E-state index in [1.54, 1.807) is 0 Å². The second-order valence-corrected chi connectivity index (χ2v) is 9.69. The van der Waals surface area contributed by atoms with Crippen LogP contribution in [0.25, 0.3) is 5.57 Å². The van der Waals surface area contributed by atoms with E-state index in [1.807, 2.05) is 85.8 Å². The highest BCUT2D eigenvalue weighted by Crippen LogP contribution is 2.56. The third-order valence-corrected chi connectivity index (χ3v) is 7.58. The Labute approximate surface area is 199 Å². The number of piperidine rings is 1. The van der Waals surface area contributed by atoms with E-state index in [9.17, 15) is 13.2 Å². The van der Waals surface area contributed by atoms with Crippen LogP contribution in [0.3, 0.4) is 0 Å². The van der Waals surface area contributed by atoms with E-state index in [1.165, 1.54) is 0 Å². The molecule has 1 saturated heterocycles. The number of alkyl halides is 3. The average molecular weight is 462 g/mol. The number of hydrogen-bond donors (Lipinski definition) is 0. The van der Waals surface area contributed by atoms with Gasteiger partial charge in [-0.05, 0) is 60.4 Å². The van der Waals surface area contributed by atoms with Crippen molar-refractivity contribution in [3.05, 3.63) is 113 Å². The van der Waals surface area contributed by atoms with Crippen LogP contribution in [-0.4, -0.2) is 17.6 Å². The number of aryl methyl sites for hydroxylation is 1. The molecule has 0 N–H and O–H groups in total. The molecule has 0 radical (unpaired) electrons. The van der Waals surface area contributed by atoms with E-state index in [2.05, 4.69) is 17.0 Å². The van der Waals surface area contributed by atoms with Gasteiger partial charge in [0.25, 0.3) is 0 Å². The van der Waals surface area contributed by atoms with Crippen LogP contribution in [0.4, 0.5) is 13.2 Å². The summed E-state index contributed by atoms with van der Waals surface area (Å²) in [5.74, 6) is -2.00. The van der Waals surface area contributed by atoms with Crippen molar-refractivity contribution in [3.63, 3.8) is 0 Å². The van der Waals surface area contributed by atoms with Gasteiger partial charge in [-0.25, -0.2) is 0 Å². The molecule has 1 fully saturated rings. The van der Waals surface area contributed by atoms with Crippen LogP contribution < -0.4 is 0 Å². The molecule has 4 heteroatoms. The zero-order valence-electron chi connectivity index (χ0n) is 19.4. The molecule has 0 aromatic heterocycles. The first kappa shape index (κ1) is 22.9. The van der Waals surface area contributed by atoms with Gasteiger partial charge in [0, 0.05) is 12.6 Å². The first-order chi connectivity index (χ1) is 16.4. The van der Waals surface area contributed by atoms with Gasteiger partial charge in [0.1, 0.15) is 0 Å². The summed E-state index contributed by atoms with van der Waals surface area (Å²) >= 11 is 0. The average Bonchev–Trinajstić information content (AvgIpc) is 2.84. The van der Waals surface area contributed by atoms with Crippen molar-refractivity contribution < 1.29 is 13.2 Å². The molecule has 0 saturated carbocycles. The zero-order valence-corrected chi connectivity index (χ0v) is 19.4. The van der Waals surface area contributed by atoms with Crippen LogP contribution in [0.2, 0.25) is 0 Å². The Morgan fingerprint density at radius 3 is 2.15 bits per heavy atom. The van der Waals surface area contributed by atoms with Gasteiger partial charge in [-0.3, -0.25) is 4.90 Å². The van der Waals surface area contributed by atoms with Crippen LogP contribution in [0.1, 0.15) is 41.1 Å². The monoisotopic (exact) mass is 461 g/mol. The topological polar surface area (TPSA) is 3.24 Å². The molecular formula is C30H30F3N. The van der Waals surface area contributed by atoms with Gasteiger partial charge in [-0.2, -0.15) is 13.2 Å². The molecule has 1 heterocycles. The summed E-state index contributed by atoms with van der Waals surface area (Å²) in [6.45, 7) is 3.44. The Balaban J connectivity index is 1.60. The predicted octanol–water partition coefficient (Wildman–Crippen LogP) is 7.84. The molecule has 2 aliphatic rings. The van der Waals surface area contributed by atoms with E-state index >= 15 is 0 Å². The Kier molecular flexibility index (Phi) is 6.35. The normalized spacial score (nSPS) is 25.5. The van der Waals surface area contributed by atoms with Gasteiger partial charge in [0.05, 0.1) is 5.92 Å². The van der Waals surface area contributed by atoms with Crippen LogP contribution >= 0.6 is 0 Å². The maximum absolute atomic E-state index is 14.5. The van der Waals surface area contributed by atoms with Crippen molar-refractivity contribution in [1.82, 2.24) is 4.90 Å². The van der Waals surface area contributed by atoms with Gasteiger partial charge in [0.2, 0.25) is 0 Å². The maximum Gasteiger partial charge on any atom is 0.392 e. The number of likely N-dealkylation sites (tertiary alicyclic amines) is 1. The Hall–Kier alpha value is -2.85. The molecule has 4 atom stereocenters. The summed E-state index contributed by atoms with van der Waals surface area (Å²) in [6, 6.07) is 27.9. The fourth-order valence-corrected chi connectivity index (χ4v) is 6.03. The van der Waals surface area contributed by atoms with Gasteiger partial charge >= 0.3 is 6.18 Å². The largest absolute Gasteiger partial charge is 0.392 e. The second-order valence-electron chi connectivity index (χ2n) is 9.69. The highest BCUT2D eigenvalue weighted by molar-refractivity contribution is 5.69.